The zero-order valence-corrected chi connectivity index (χ0v) is 17.1. The summed E-state index contributed by atoms with van der Waals surface area (Å²) < 4.78 is 57.3. The first-order valence-corrected chi connectivity index (χ1v) is 10.4. The molecule has 0 unspecified atom stereocenters. The molecular formula is C17H25F3N2O6S. The molecule has 0 aliphatic rings. The van der Waals surface area contributed by atoms with E-state index in [-0.39, 0.29) is 17.0 Å². The van der Waals surface area contributed by atoms with E-state index in [4.69, 9.17) is 9.90 Å². The van der Waals surface area contributed by atoms with Crippen LogP contribution in [-0.4, -0.2) is 55.6 Å². The van der Waals surface area contributed by atoms with Crippen molar-refractivity contribution in [2.45, 2.75) is 39.8 Å². The largest absolute Gasteiger partial charge is 0.490 e. The monoisotopic (exact) mass is 442 g/mol. The zero-order chi connectivity index (χ0) is 22.8. The molecule has 0 aliphatic heterocycles. The van der Waals surface area contributed by atoms with Crippen LogP contribution in [0.2, 0.25) is 0 Å². The van der Waals surface area contributed by atoms with Gasteiger partial charge in [-0.1, -0.05) is 13.8 Å². The van der Waals surface area contributed by atoms with Crippen LogP contribution in [0.3, 0.4) is 0 Å². The van der Waals surface area contributed by atoms with E-state index in [1.807, 2.05) is 18.7 Å². The summed E-state index contributed by atoms with van der Waals surface area (Å²) in [6.45, 7) is 7.11. The number of anilines is 2. The second-order valence-corrected chi connectivity index (χ2v) is 7.84. The van der Waals surface area contributed by atoms with Crippen LogP contribution < -0.4 is 9.62 Å². The number of benzene rings is 1. The van der Waals surface area contributed by atoms with Crippen LogP contribution in [0.25, 0.3) is 0 Å². The maximum Gasteiger partial charge on any atom is 0.490 e. The van der Waals surface area contributed by atoms with Crippen molar-refractivity contribution in [2.75, 3.05) is 28.5 Å². The highest BCUT2D eigenvalue weighted by Crippen LogP contribution is 2.25. The van der Waals surface area contributed by atoms with Crippen molar-refractivity contribution in [3.63, 3.8) is 0 Å². The molecule has 0 spiro atoms. The van der Waals surface area contributed by atoms with Crippen LogP contribution in [0.5, 0.6) is 0 Å². The summed E-state index contributed by atoms with van der Waals surface area (Å²) in [5.41, 5.74) is 1.00. The fourth-order valence-electron chi connectivity index (χ4n) is 2.19. The quantitative estimate of drug-likeness (QED) is 0.535. The second-order valence-electron chi connectivity index (χ2n) is 5.83. The number of carboxylic acid groups (broad SMARTS) is 2. The van der Waals surface area contributed by atoms with Gasteiger partial charge in [0, 0.05) is 18.8 Å². The lowest BCUT2D eigenvalue weighted by Crippen LogP contribution is -2.27. The summed E-state index contributed by atoms with van der Waals surface area (Å²) in [5.74, 6) is -3.88. The summed E-state index contributed by atoms with van der Waals surface area (Å²) in [6.07, 6.45) is -3.27. The number of carboxylic acids is 2. The molecule has 29 heavy (non-hydrogen) atoms. The molecule has 12 heteroatoms. The third-order valence-corrected chi connectivity index (χ3v) is 4.76. The van der Waals surface area contributed by atoms with Gasteiger partial charge in [-0.2, -0.15) is 13.2 Å². The molecule has 0 aliphatic carbocycles. The SMILES string of the molecule is CCCN(CCC)c1ccc(NS(=O)(=O)CC)cc1C(=O)O.O=C(O)C(F)(F)F. The molecule has 0 aromatic heterocycles. The number of halogens is 3. The molecule has 1 aromatic rings. The minimum Gasteiger partial charge on any atom is -0.478 e. The Labute approximate surface area is 167 Å². The molecule has 1 aromatic carbocycles. The van der Waals surface area contributed by atoms with Gasteiger partial charge in [-0.15, -0.1) is 0 Å². The molecule has 8 nitrogen and oxygen atoms in total. The first-order chi connectivity index (χ1) is 13.3. The van der Waals surface area contributed by atoms with Crippen LogP contribution in [-0.2, 0) is 14.8 Å². The van der Waals surface area contributed by atoms with Crippen LogP contribution >= 0.6 is 0 Å². The molecule has 0 saturated carbocycles. The lowest BCUT2D eigenvalue weighted by Gasteiger charge is -2.25. The number of nitrogens with one attached hydrogen (secondary N) is 1. The van der Waals surface area contributed by atoms with Crippen LogP contribution in [0.1, 0.15) is 44.0 Å². The summed E-state index contributed by atoms with van der Waals surface area (Å²) in [4.78, 5) is 22.4. The van der Waals surface area contributed by atoms with E-state index in [9.17, 15) is 31.5 Å². The van der Waals surface area contributed by atoms with Crippen molar-refractivity contribution in [3.05, 3.63) is 23.8 Å². The first-order valence-electron chi connectivity index (χ1n) is 8.71. The van der Waals surface area contributed by atoms with E-state index in [0.717, 1.165) is 25.9 Å². The maximum atomic E-state index is 11.6. The number of hydrogen-bond acceptors (Lipinski definition) is 5. The van der Waals surface area contributed by atoms with Gasteiger partial charge in [0.25, 0.3) is 0 Å². The van der Waals surface area contributed by atoms with Gasteiger partial charge in [0.1, 0.15) is 0 Å². The summed E-state index contributed by atoms with van der Waals surface area (Å²) >= 11 is 0. The van der Waals surface area contributed by atoms with Crippen molar-refractivity contribution in [2.24, 2.45) is 0 Å². The highest BCUT2D eigenvalue weighted by Gasteiger charge is 2.38. The lowest BCUT2D eigenvalue weighted by molar-refractivity contribution is -0.192. The number of aromatic carboxylic acids is 1. The second kappa shape index (κ2) is 11.5. The Balaban J connectivity index is 0.000000956. The van der Waals surface area contributed by atoms with Crippen molar-refractivity contribution in [1.29, 1.82) is 0 Å². The van der Waals surface area contributed by atoms with Gasteiger partial charge in [-0.05, 0) is 38.0 Å². The van der Waals surface area contributed by atoms with Crippen molar-refractivity contribution in [1.82, 2.24) is 0 Å². The molecule has 0 heterocycles. The fraction of sp³-hybridized carbons (Fsp3) is 0.529. The number of sulfonamides is 1. The van der Waals surface area contributed by atoms with E-state index in [1.165, 1.54) is 13.0 Å². The smallest absolute Gasteiger partial charge is 0.478 e. The van der Waals surface area contributed by atoms with E-state index in [1.54, 1.807) is 12.1 Å². The molecule has 3 N–H and O–H groups in total. The third-order valence-electron chi connectivity index (χ3n) is 3.45. The molecule has 0 bridgehead atoms. The Hall–Kier alpha value is -2.50. The predicted octanol–water partition coefficient (Wildman–Crippen LogP) is 3.41. The van der Waals surface area contributed by atoms with Gasteiger partial charge in [0.15, 0.2) is 0 Å². The number of rotatable bonds is 9. The Bertz CT molecular complexity index is 791. The van der Waals surface area contributed by atoms with E-state index < -0.39 is 28.1 Å². The average molecular weight is 442 g/mol. The summed E-state index contributed by atoms with van der Waals surface area (Å²) in [5, 5.41) is 16.6. The van der Waals surface area contributed by atoms with E-state index >= 15 is 0 Å². The Morgan fingerprint density at radius 3 is 1.90 bits per heavy atom. The van der Waals surface area contributed by atoms with Gasteiger partial charge in [0.2, 0.25) is 10.0 Å². The third kappa shape index (κ3) is 9.50. The summed E-state index contributed by atoms with van der Waals surface area (Å²) in [6, 6.07) is 4.65. The van der Waals surface area contributed by atoms with Crippen molar-refractivity contribution >= 4 is 33.3 Å². The fourth-order valence-corrected chi connectivity index (χ4v) is 2.82. The minimum atomic E-state index is -5.08. The Kier molecular flexibility index (Phi) is 10.5. The van der Waals surface area contributed by atoms with Gasteiger partial charge in [0.05, 0.1) is 17.0 Å². The molecule has 0 radical (unpaired) electrons. The van der Waals surface area contributed by atoms with Crippen LogP contribution in [0.15, 0.2) is 18.2 Å². The molecule has 0 amide bonds. The standard InChI is InChI=1S/C15H24N2O4S.C2HF3O2/c1-4-9-17(10-5-2)14-8-7-12(11-13(14)15(18)19)16-22(20,21)6-3;3-2(4,5)1(6)7/h7-8,11,16H,4-6,9-10H2,1-3H3,(H,18,19);(H,6,7). The number of aliphatic carboxylic acids is 1. The predicted molar refractivity (Wildman–Crippen MR) is 103 cm³/mol. The Morgan fingerprint density at radius 2 is 1.55 bits per heavy atom. The zero-order valence-electron chi connectivity index (χ0n) is 16.3. The molecule has 0 fully saturated rings. The lowest BCUT2D eigenvalue weighted by atomic mass is 10.1. The van der Waals surface area contributed by atoms with E-state index in [2.05, 4.69) is 4.72 Å². The Morgan fingerprint density at radius 1 is 1.07 bits per heavy atom. The molecule has 0 saturated heterocycles. The number of nitrogens with zero attached hydrogens (tertiary/aromatic N) is 1. The molecule has 166 valence electrons. The first kappa shape index (κ1) is 26.5. The number of alkyl halides is 3. The normalized spacial score (nSPS) is 11.2. The molecular weight excluding hydrogens is 417 g/mol. The highest BCUT2D eigenvalue weighted by atomic mass is 32.2. The number of hydrogen-bond donors (Lipinski definition) is 3. The summed E-state index contributed by atoms with van der Waals surface area (Å²) in [7, 11) is -3.43. The molecule has 1 rings (SSSR count). The average Bonchev–Trinajstić information content (AvgIpc) is 2.61. The van der Waals surface area contributed by atoms with Crippen molar-refractivity contribution < 1.29 is 41.4 Å². The van der Waals surface area contributed by atoms with E-state index in [0.29, 0.717) is 5.69 Å². The van der Waals surface area contributed by atoms with Gasteiger partial charge in [-0.25, -0.2) is 18.0 Å². The van der Waals surface area contributed by atoms with Crippen molar-refractivity contribution in [3.8, 4) is 0 Å². The maximum absolute atomic E-state index is 11.6. The molecule has 0 atom stereocenters. The minimum absolute atomic E-state index is 0.0606. The van der Waals surface area contributed by atoms with Gasteiger partial charge < -0.3 is 15.1 Å². The van der Waals surface area contributed by atoms with Crippen LogP contribution in [0, 0.1) is 0 Å². The topological polar surface area (TPSA) is 124 Å². The van der Waals surface area contributed by atoms with Crippen LogP contribution in [0.4, 0.5) is 24.5 Å². The van der Waals surface area contributed by atoms with Gasteiger partial charge in [-0.3, -0.25) is 4.72 Å². The number of carbonyl (C=O) groups is 2. The highest BCUT2D eigenvalue weighted by molar-refractivity contribution is 7.92. The van der Waals surface area contributed by atoms with Gasteiger partial charge >= 0.3 is 18.1 Å².